The monoisotopic (exact) mass is 241 g/mol. The highest BCUT2D eigenvalue weighted by Gasteiger charge is 2.27. The van der Waals surface area contributed by atoms with E-state index in [4.69, 9.17) is 0 Å². The van der Waals surface area contributed by atoms with Crippen molar-refractivity contribution in [1.82, 2.24) is 5.32 Å². The third-order valence-corrected chi connectivity index (χ3v) is 4.00. The van der Waals surface area contributed by atoms with E-state index in [0.717, 1.165) is 24.3 Å². The number of rotatable bonds is 9. The van der Waals surface area contributed by atoms with Crippen LogP contribution in [0.3, 0.4) is 0 Å². The van der Waals surface area contributed by atoms with Crippen LogP contribution in [0, 0.1) is 23.2 Å². The molecule has 0 rings (SSSR count). The van der Waals surface area contributed by atoms with E-state index in [1.165, 1.54) is 25.8 Å². The molecule has 0 amide bonds. The van der Waals surface area contributed by atoms with Crippen LogP contribution in [-0.4, -0.2) is 13.1 Å². The second kappa shape index (κ2) is 8.13. The third-order valence-electron chi connectivity index (χ3n) is 4.00. The summed E-state index contributed by atoms with van der Waals surface area (Å²) in [7, 11) is 0. The van der Waals surface area contributed by atoms with Gasteiger partial charge in [-0.15, -0.1) is 0 Å². The molecule has 0 aromatic heterocycles. The van der Waals surface area contributed by atoms with Crippen molar-refractivity contribution in [3.05, 3.63) is 0 Å². The number of nitrogens with one attached hydrogen (secondary N) is 1. The molecule has 1 atom stereocenters. The minimum Gasteiger partial charge on any atom is -0.316 e. The van der Waals surface area contributed by atoms with E-state index < -0.39 is 0 Å². The molecule has 0 saturated heterocycles. The predicted octanol–water partition coefficient (Wildman–Crippen LogP) is 4.72. The maximum absolute atomic E-state index is 3.64. The summed E-state index contributed by atoms with van der Waals surface area (Å²) in [6.45, 7) is 18.7. The molecule has 0 fully saturated rings. The summed E-state index contributed by atoms with van der Waals surface area (Å²) in [6, 6.07) is 0. The van der Waals surface area contributed by atoms with Gasteiger partial charge in [0.05, 0.1) is 0 Å². The Morgan fingerprint density at radius 3 is 1.94 bits per heavy atom. The molecule has 0 aliphatic rings. The van der Waals surface area contributed by atoms with Crippen molar-refractivity contribution in [2.24, 2.45) is 23.2 Å². The maximum Gasteiger partial charge on any atom is 0.000772 e. The van der Waals surface area contributed by atoms with Crippen molar-refractivity contribution >= 4 is 0 Å². The average Bonchev–Trinajstić information content (AvgIpc) is 2.16. The van der Waals surface area contributed by atoms with Crippen LogP contribution in [0.1, 0.15) is 67.7 Å². The van der Waals surface area contributed by atoms with Crippen LogP contribution >= 0.6 is 0 Å². The van der Waals surface area contributed by atoms with E-state index in [1.54, 1.807) is 0 Å². The molecule has 1 unspecified atom stereocenters. The SMILES string of the molecule is CC(C)CCCC(C)(CNCC(C)C)C(C)C. The summed E-state index contributed by atoms with van der Waals surface area (Å²) >= 11 is 0. The van der Waals surface area contributed by atoms with Crippen LogP contribution in [0.4, 0.5) is 0 Å². The zero-order chi connectivity index (χ0) is 13.5. The van der Waals surface area contributed by atoms with Gasteiger partial charge in [-0.1, -0.05) is 61.3 Å². The van der Waals surface area contributed by atoms with Crippen molar-refractivity contribution in [2.75, 3.05) is 13.1 Å². The van der Waals surface area contributed by atoms with Crippen molar-refractivity contribution in [3.8, 4) is 0 Å². The number of hydrogen-bond donors (Lipinski definition) is 1. The van der Waals surface area contributed by atoms with E-state index in [2.05, 4.69) is 53.8 Å². The molecule has 1 nitrogen and oxygen atoms in total. The summed E-state index contributed by atoms with van der Waals surface area (Å²) in [6.07, 6.45) is 4.09. The first-order chi connectivity index (χ1) is 7.78. The van der Waals surface area contributed by atoms with E-state index in [1.807, 2.05) is 0 Å². The first-order valence-electron chi connectivity index (χ1n) is 7.48. The standard InChI is InChI=1S/C16H35N/c1-13(2)9-8-10-16(7,15(5)6)12-17-11-14(3)4/h13-15,17H,8-12H2,1-7H3. The Morgan fingerprint density at radius 2 is 1.53 bits per heavy atom. The Labute approximate surface area is 110 Å². The lowest BCUT2D eigenvalue weighted by Gasteiger charge is -2.35. The number of hydrogen-bond acceptors (Lipinski definition) is 1. The largest absolute Gasteiger partial charge is 0.316 e. The molecule has 104 valence electrons. The molecule has 0 aromatic rings. The molecule has 0 bridgehead atoms. The maximum atomic E-state index is 3.64. The minimum atomic E-state index is 0.462. The van der Waals surface area contributed by atoms with E-state index in [0.29, 0.717) is 5.41 Å². The predicted molar refractivity (Wildman–Crippen MR) is 79.3 cm³/mol. The van der Waals surface area contributed by atoms with Crippen LogP contribution in [-0.2, 0) is 0 Å². The first kappa shape index (κ1) is 17.0. The normalized spacial score (nSPS) is 15.9. The summed E-state index contributed by atoms with van der Waals surface area (Å²) in [4.78, 5) is 0. The molecule has 0 aliphatic heterocycles. The van der Waals surface area contributed by atoms with Crippen LogP contribution in [0.25, 0.3) is 0 Å². The average molecular weight is 241 g/mol. The third kappa shape index (κ3) is 7.81. The van der Waals surface area contributed by atoms with Crippen LogP contribution < -0.4 is 5.32 Å². The molecule has 0 heterocycles. The van der Waals surface area contributed by atoms with E-state index >= 15 is 0 Å². The second-order valence-electron chi connectivity index (χ2n) is 7.12. The second-order valence-corrected chi connectivity index (χ2v) is 7.12. The highest BCUT2D eigenvalue weighted by Crippen LogP contribution is 2.32. The van der Waals surface area contributed by atoms with E-state index in [-0.39, 0.29) is 0 Å². The summed E-state index contributed by atoms with van der Waals surface area (Å²) in [5.74, 6) is 2.35. The molecule has 0 saturated carbocycles. The topological polar surface area (TPSA) is 12.0 Å². The Bertz CT molecular complexity index is 168. The summed E-state index contributed by atoms with van der Waals surface area (Å²) in [5, 5.41) is 3.64. The summed E-state index contributed by atoms with van der Waals surface area (Å²) < 4.78 is 0. The molecule has 0 aromatic carbocycles. The van der Waals surface area contributed by atoms with Crippen molar-refractivity contribution in [1.29, 1.82) is 0 Å². The van der Waals surface area contributed by atoms with Crippen molar-refractivity contribution < 1.29 is 0 Å². The van der Waals surface area contributed by atoms with Gasteiger partial charge in [0.1, 0.15) is 0 Å². The fourth-order valence-corrected chi connectivity index (χ4v) is 2.14. The summed E-state index contributed by atoms with van der Waals surface area (Å²) in [5.41, 5.74) is 0.462. The Balaban J connectivity index is 4.07. The van der Waals surface area contributed by atoms with Gasteiger partial charge in [-0.3, -0.25) is 0 Å². The first-order valence-corrected chi connectivity index (χ1v) is 7.48. The van der Waals surface area contributed by atoms with Gasteiger partial charge in [0, 0.05) is 6.54 Å². The zero-order valence-corrected chi connectivity index (χ0v) is 13.3. The molecule has 17 heavy (non-hydrogen) atoms. The van der Waals surface area contributed by atoms with Crippen molar-refractivity contribution in [2.45, 2.75) is 67.7 Å². The zero-order valence-electron chi connectivity index (χ0n) is 13.3. The quantitative estimate of drug-likeness (QED) is 0.616. The fraction of sp³-hybridized carbons (Fsp3) is 1.00. The highest BCUT2D eigenvalue weighted by molar-refractivity contribution is 4.80. The smallest absolute Gasteiger partial charge is 0.000772 e. The molecule has 0 radical (unpaired) electrons. The van der Waals surface area contributed by atoms with E-state index in [9.17, 15) is 0 Å². The molecular formula is C16H35N. The lowest BCUT2D eigenvalue weighted by molar-refractivity contribution is 0.180. The molecule has 1 heteroatoms. The Hall–Kier alpha value is -0.0400. The van der Waals surface area contributed by atoms with Gasteiger partial charge in [0.25, 0.3) is 0 Å². The highest BCUT2D eigenvalue weighted by atomic mass is 14.9. The minimum absolute atomic E-state index is 0.462. The van der Waals surface area contributed by atoms with Crippen LogP contribution in [0.15, 0.2) is 0 Å². The van der Waals surface area contributed by atoms with Gasteiger partial charge in [0.15, 0.2) is 0 Å². The lowest BCUT2D eigenvalue weighted by atomic mass is 9.74. The molecule has 1 N–H and O–H groups in total. The van der Waals surface area contributed by atoms with Gasteiger partial charge in [-0.25, -0.2) is 0 Å². The van der Waals surface area contributed by atoms with Gasteiger partial charge in [-0.05, 0) is 36.1 Å². The van der Waals surface area contributed by atoms with Crippen LogP contribution in [0.5, 0.6) is 0 Å². The Kier molecular flexibility index (Phi) is 8.11. The van der Waals surface area contributed by atoms with Gasteiger partial charge >= 0.3 is 0 Å². The lowest BCUT2D eigenvalue weighted by Crippen LogP contribution is -2.37. The van der Waals surface area contributed by atoms with Crippen molar-refractivity contribution in [3.63, 3.8) is 0 Å². The van der Waals surface area contributed by atoms with Gasteiger partial charge in [-0.2, -0.15) is 0 Å². The van der Waals surface area contributed by atoms with Gasteiger partial charge in [0.2, 0.25) is 0 Å². The fourth-order valence-electron chi connectivity index (χ4n) is 2.14. The van der Waals surface area contributed by atoms with Crippen LogP contribution in [0.2, 0.25) is 0 Å². The Morgan fingerprint density at radius 1 is 0.941 bits per heavy atom. The molecule has 0 aliphatic carbocycles. The molecule has 0 spiro atoms. The van der Waals surface area contributed by atoms with Gasteiger partial charge < -0.3 is 5.32 Å². The molecular weight excluding hydrogens is 206 g/mol.